The predicted molar refractivity (Wildman–Crippen MR) is 89.0 cm³/mol. The number of anilines is 1. The highest BCUT2D eigenvalue weighted by Crippen LogP contribution is 2.38. The summed E-state index contributed by atoms with van der Waals surface area (Å²) in [5.41, 5.74) is 2.44. The van der Waals surface area contributed by atoms with Crippen molar-refractivity contribution in [1.29, 1.82) is 5.26 Å². The van der Waals surface area contributed by atoms with Gasteiger partial charge in [-0.25, -0.2) is 4.79 Å². The zero-order valence-electron chi connectivity index (χ0n) is 12.5. The normalized spacial score (nSPS) is 12.5. The molecular formula is C16H14N2O3S2. The van der Waals surface area contributed by atoms with Crippen LogP contribution in [0, 0.1) is 18.3 Å². The number of carbonyl (C=O) groups is 2. The number of thiophene rings is 2. The standard InChI is InChI=1S/C16H14N2O3S2/c1-9-5-6-22-14(9)16(20)21-8-13(19)18-15-11(7-17)10-3-2-4-12(10)23-15/h5-6H,2-4,8H2,1H3,(H,18,19). The highest BCUT2D eigenvalue weighted by Gasteiger charge is 2.23. The van der Waals surface area contributed by atoms with E-state index in [1.807, 2.05) is 13.0 Å². The van der Waals surface area contributed by atoms with Crippen LogP contribution in [0.15, 0.2) is 11.4 Å². The molecule has 2 heterocycles. The van der Waals surface area contributed by atoms with Gasteiger partial charge in [0.2, 0.25) is 0 Å². The number of hydrogen-bond donors (Lipinski definition) is 1. The van der Waals surface area contributed by atoms with Gasteiger partial charge in [-0.3, -0.25) is 4.79 Å². The van der Waals surface area contributed by atoms with Gasteiger partial charge in [-0.1, -0.05) is 0 Å². The maximum atomic E-state index is 12.0. The molecule has 0 unspecified atom stereocenters. The van der Waals surface area contributed by atoms with Gasteiger partial charge in [-0.2, -0.15) is 5.26 Å². The zero-order valence-corrected chi connectivity index (χ0v) is 14.1. The number of fused-ring (bicyclic) bond motifs is 1. The smallest absolute Gasteiger partial charge is 0.349 e. The first-order chi connectivity index (χ1) is 11.1. The number of aryl methyl sites for hydroxylation is 2. The number of amides is 1. The minimum absolute atomic E-state index is 0.358. The summed E-state index contributed by atoms with van der Waals surface area (Å²) in [7, 11) is 0. The Labute approximate surface area is 141 Å². The number of hydrogen-bond acceptors (Lipinski definition) is 6. The topological polar surface area (TPSA) is 79.2 Å². The average Bonchev–Trinajstić information content (AvgIpc) is 3.20. The largest absolute Gasteiger partial charge is 0.451 e. The number of esters is 1. The third-order valence-corrected chi connectivity index (χ3v) is 5.87. The Morgan fingerprint density at radius 2 is 2.26 bits per heavy atom. The van der Waals surface area contributed by atoms with Crippen LogP contribution in [0.5, 0.6) is 0 Å². The Hall–Kier alpha value is -2.17. The van der Waals surface area contributed by atoms with Crippen molar-refractivity contribution in [3.63, 3.8) is 0 Å². The van der Waals surface area contributed by atoms with Crippen LogP contribution < -0.4 is 5.32 Å². The summed E-state index contributed by atoms with van der Waals surface area (Å²) < 4.78 is 5.03. The Kier molecular flexibility index (Phi) is 4.46. The zero-order chi connectivity index (χ0) is 16.4. The fourth-order valence-corrected chi connectivity index (χ4v) is 4.63. The summed E-state index contributed by atoms with van der Waals surface area (Å²) >= 11 is 2.73. The molecule has 1 N–H and O–H groups in total. The lowest BCUT2D eigenvalue weighted by atomic mass is 10.1. The Balaban J connectivity index is 1.61. The van der Waals surface area contributed by atoms with Crippen molar-refractivity contribution >= 4 is 39.6 Å². The Bertz CT molecular complexity index is 814. The van der Waals surface area contributed by atoms with E-state index < -0.39 is 11.9 Å². The summed E-state index contributed by atoms with van der Waals surface area (Å²) in [6.07, 6.45) is 2.90. The van der Waals surface area contributed by atoms with E-state index >= 15 is 0 Å². The molecule has 3 rings (SSSR count). The molecule has 0 saturated carbocycles. The molecule has 0 fully saturated rings. The van der Waals surface area contributed by atoms with E-state index in [9.17, 15) is 14.9 Å². The molecule has 0 radical (unpaired) electrons. The average molecular weight is 346 g/mol. The van der Waals surface area contributed by atoms with Crippen molar-refractivity contribution in [3.05, 3.63) is 37.9 Å². The van der Waals surface area contributed by atoms with Crippen LogP contribution in [0.1, 0.15) is 37.7 Å². The van der Waals surface area contributed by atoms with Crippen LogP contribution in [0.2, 0.25) is 0 Å². The van der Waals surface area contributed by atoms with E-state index in [2.05, 4.69) is 11.4 Å². The number of nitriles is 1. The second kappa shape index (κ2) is 6.52. The molecule has 2 aromatic heterocycles. The monoisotopic (exact) mass is 346 g/mol. The van der Waals surface area contributed by atoms with Gasteiger partial charge in [-0.15, -0.1) is 22.7 Å². The first-order valence-electron chi connectivity index (χ1n) is 7.16. The highest BCUT2D eigenvalue weighted by molar-refractivity contribution is 7.16. The van der Waals surface area contributed by atoms with E-state index in [0.717, 1.165) is 30.4 Å². The van der Waals surface area contributed by atoms with E-state index in [1.54, 1.807) is 5.38 Å². The molecule has 5 nitrogen and oxygen atoms in total. The van der Waals surface area contributed by atoms with E-state index in [-0.39, 0.29) is 6.61 Å². The Morgan fingerprint density at radius 3 is 2.96 bits per heavy atom. The van der Waals surface area contributed by atoms with Crippen molar-refractivity contribution < 1.29 is 14.3 Å². The first kappa shape index (κ1) is 15.7. The summed E-state index contributed by atoms with van der Waals surface area (Å²) in [6.45, 7) is 1.46. The molecule has 7 heteroatoms. The summed E-state index contributed by atoms with van der Waals surface area (Å²) in [5, 5.41) is 14.3. The summed E-state index contributed by atoms with van der Waals surface area (Å²) in [6, 6.07) is 3.99. The molecule has 23 heavy (non-hydrogen) atoms. The molecular weight excluding hydrogens is 332 g/mol. The van der Waals surface area contributed by atoms with Crippen LogP contribution >= 0.6 is 22.7 Å². The maximum Gasteiger partial charge on any atom is 0.349 e. The van der Waals surface area contributed by atoms with Crippen LogP contribution in [0.25, 0.3) is 0 Å². The molecule has 0 atom stereocenters. The third kappa shape index (κ3) is 3.14. The first-order valence-corrected chi connectivity index (χ1v) is 8.85. The van der Waals surface area contributed by atoms with Gasteiger partial charge < -0.3 is 10.1 Å². The van der Waals surface area contributed by atoms with Crippen molar-refractivity contribution in [2.75, 3.05) is 11.9 Å². The second-order valence-corrected chi connectivity index (χ2v) is 7.25. The highest BCUT2D eigenvalue weighted by atomic mass is 32.1. The molecule has 2 aromatic rings. The molecule has 118 valence electrons. The van der Waals surface area contributed by atoms with Crippen molar-refractivity contribution in [2.24, 2.45) is 0 Å². The number of nitrogens with zero attached hydrogens (tertiary/aromatic N) is 1. The van der Waals surface area contributed by atoms with Crippen LogP contribution in [0.3, 0.4) is 0 Å². The quantitative estimate of drug-likeness (QED) is 0.862. The number of nitrogens with one attached hydrogen (secondary N) is 1. The van der Waals surface area contributed by atoms with Gasteiger partial charge in [0.1, 0.15) is 15.9 Å². The SMILES string of the molecule is Cc1ccsc1C(=O)OCC(=O)Nc1sc2c(c1C#N)CCC2. The number of carbonyl (C=O) groups excluding carboxylic acids is 2. The fourth-order valence-electron chi connectivity index (χ4n) is 2.55. The van der Waals surface area contributed by atoms with Crippen molar-refractivity contribution in [1.82, 2.24) is 0 Å². The van der Waals surface area contributed by atoms with Gasteiger partial charge in [0.15, 0.2) is 6.61 Å². The molecule has 0 spiro atoms. The fraction of sp³-hybridized carbons (Fsp3) is 0.312. The van der Waals surface area contributed by atoms with Gasteiger partial charge in [0.05, 0.1) is 5.56 Å². The van der Waals surface area contributed by atoms with Gasteiger partial charge in [-0.05, 0) is 48.8 Å². The maximum absolute atomic E-state index is 12.0. The molecule has 0 aliphatic heterocycles. The predicted octanol–water partition coefficient (Wildman–Crippen LogP) is 3.27. The number of rotatable bonds is 4. The van der Waals surface area contributed by atoms with Gasteiger partial charge in [0, 0.05) is 4.88 Å². The molecule has 0 bridgehead atoms. The molecule has 1 aliphatic carbocycles. The summed E-state index contributed by atoms with van der Waals surface area (Å²) in [4.78, 5) is 25.5. The van der Waals surface area contributed by atoms with Crippen LogP contribution in [-0.2, 0) is 22.4 Å². The lowest BCUT2D eigenvalue weighted by molar-refractivity contribution is -0.119. The minimum atomic E-state index is -0.498. The van der Waals surface area contributed by atoms with E-state index in [0.29, 0.717) is 15.4 Å². The van der Waals surface area contributed by atoms with Crippen LogP contribution in [-0.4, -0.2) is 18.5 Å². The minimum Gasteiger partial charge on any atom is -0.451 e. The van der Waals surface area contributed by atoms with Gasteiger partial charge in [0.25, 0.3) is 5.91 Å². The molecule has 0 aromatic carbocycles. The lowest BCUT2D eigenvalue weighted by Crippen LogP contribution is -2.20. The molecule has 1 amide bonds. The lowest BCUT2D eigenvalue weighted by Gasteiger charge is -2.05. The number of ether oxygens (including phenoxy) is 1. The van der Waals surface area contributed by atoms with Crippen molar-refractivity contribution in [2.45, 2.75) is 26.2 Å². The van der Waals surface area contributed by atoms with E-state index in [1.165, 1.54) is 27.6 Å². The Morgan fingerprint density at radius 1 is 1.43 bits per heavy atom. The van der Waals surface area contributed by atoms with E-state index in [4.69, 9.17) is 4.74 Å². The molecule has 1 aliphatic rings. The summed E-state index contributed by atoms with van der Waals surface area (Å²) in [5.74, 6) is -0.925. The van der Waals surface area contributed by atoms with Crippen LogP contribution in [0.4, 0.5) is 5.00 Å². The van der Waals surface area contributed by atoms with Crippen molar-refractivity contribution in [3.8, 4) is 6.07 Å². The second-order valence-electron chi connectivity index (χ2n) is 5.23. The third-order valence-electron chi connectivity index (χ3n) is 3.67. The van der Waals surface area contributed by atoms with Gasteiger partial charge >= 0.3 is 5.97 Å². The molecule has 0 saturated heterocycles.